The molecule has 0 unspecified atom stereocenters. The lowest BCUT2D eigenvalue weighted by Crippen LogP contribution is -2.27. The average molecular weight is 410 g/mol. The zero-order chi connectivity index (χ0) is 21.9. The maximum absolute atomic E-state index is 13.0. The van der Waals surface area contributed by atoms with E-state index in [4.69, 9.17) is 23.7 Å². The first-order chi connectivity index (χ1) is 14.3. The Morgan fingerprint density at radius 3 is 2.23 bits per heavy atom. The molecule has 0 fully saturated rings. The van der Waals surface area contributed by atoms with Gasteiger partial charge in [-0.2, -0.15) is 0 Å². The van der Waals surface area contributed by atoms with E-state index in [1.54, 1.807) is 58.8 Å². The Bertz CT molecular complexity index is 1020. The van der Waals surface area contributed by atoms with Crippen LogP contribution in [-0.4, -0.2) is 39.8 Å². The van der Waals surface area contributed by atoms with Gasteiger partial charge in [-0.25, -0.2) is 0 Å². The van der Waals surface area contributed by atoms with Crippen LogP contribution in [0.15, 0.2) is 36.4 Å². The molecule has 0 saturated carbocycles. The number of hydrogen-bond acceptors (Lipinski definition) is 6. The van der Waals surface area contributed by atoms with Crippen LogP contribution in [-0.2, 0) is 0 Å². The predicted molar refractivity (Wildman–Crippen MR) is 116 cm³/mol. The highest BCUT2D eigenvalue weighted by atomic mass is 16.5. The number of carbonyl (C=O) groups excluding carboxylic acids is 1. The lowest BCUT2D eigenvalue weighted by Gasteiger charge is -2.29. The average Bonchev–Trinajstić information content (AvgIpc) is 2.74. The van der Waals surface area contributed by atoms with Gasteiger partial charge < -0.3 is 23.7 Å². The van der Waals surface area contributed by atoms with Crippen LogP contribution in [0.3, 0.4) is 0 Å². The van der Waals surface area contributed by atoms with Crippen LogP contribution in [0, 0.1) is 0 Å². The summed E-state index contributed by atoms with van der Waals surface area (Å²) >= 11 is 0. The van der Waals surface area contributed by atoms with Gasteiger partial charge in [0.25, 0.3) is 0 Å². The first-order valence-corrected chi connectivity index (χ1v) is 9.45. The Morgan fingerprint density at radius 2 is 1.60 bits per heavy atom. The zero-order valence-corrected chi connectivity index (χ0v) is 18.1. The zero-order valence-electron chi connectivity index (χ0n) is 18.1. The maximum Gasteiger partial charge on any atom is 0.189 e. The summed E-state index contributed by atoms with van der Waals surface area (Å²) in [5, 5.41) is 0. The van der Waals surface area contributed by atoms with Crippen molar-refractivity contribution >= 4 is 17.9 Å². The number of benzene rings is 2. The van der Waals surface area contributed by atoms with Crippen molar-refractivity contribution in [2.45, 2.75) is 19.4 Å². The monoisotopic (exact) mass is 410 g/mol. The summed E-state index contributed by atoms with van der Waals surface area (Å²) < 4.78 is 27.6. The van der Waals surface area contributed by atoms with E-state index in [1.807, 2.05) is 26.0 Å². The number of allylic oxidation sites excluding steroid dienone is 1. The van der Waals surface area contributed by atoms with Crippen molar-refractivity contribution in [1.82, 2.24) is 0 Å². The van der Waals surface area contributed by atoms with E-state index < -0.39 is 5.60 Å². The second-order valence-corrected chi connectivity index (χ2v) is 7.24. The molecule has 158 valence electrons. The molecule has 0 spiro atoms. The topological polar surface area (TPSA) is 63.2 Å². The number of rotatable bonds is 7. The minimum Gasteiger partial charge on any atom is -0.496 e. The summed E-state index contributed by atoms with van der Waals surface area (Å²) in [5.74, 6) is 2.61. The third kappa shape index (κ3) is 4.13. The number of carbonyl (C=O) groups is 1. The van der Waals surface area contributed by atoms with Gasteiger partial charge in [-0.15, -0.1) is 0 Å². The van der Waals surface area contributed by atoms with E-state index in [0.29, 0.717) is 39.9 Å². The van der Waals surface area contributed by atoms with Gasteiger partial charge in [-0.1, -0.05) is 0 Å². The Kier molecular flexibility index (Phi) is 6.06. The molecule has 0 atom stereocenters. The first-order valence-electron chi connectivity index (χ1n) is 9.45. The molecule has 0 bridgehead atoms. The SMILES string of the molecule is COc1cc(OC)c(OC)cc1/C=C/C(=O)c1ccc2c(c1OC)C=CC(C)(C)O2. The van der Waals surface area contributed by atoms with E-state index in [1.165, 1.54) is 6.08 Å². The van der Waals surface area contributed by atoms with Crippen LogP contribution in [0.1, 0.15) is 35.3 Å². The second kappa shape index (κ2) is 8.53. The number of hydrogen-bond donors (Lipinski definition) is 0. The molecule has 0 radical (unpaired) electrons. The highest BCUT2D eigenvalue weighted by molar-refractivity contribution is 6.09. The van der Waals surface area contributed by atoms with E-state index in [-0.39, 0.29) is 5.78 Å². The van der Waals surface area contributed by atoms with Crippen molar-refractivity contribution in [2.24, 2.45) is 0 Å². The molecule has 0 saturated heterocycles. The molecule has 30 heavy (non-hydrogen) atoms. The number of ether oxygens (including phenoxy) is 5. The number of fused-ring (bicyclic) bond motifs is 1. The normalized spacial score (nSPS) is 14.1. The molecule has 0 aliphatic carbocycles. The van der Waals surface area contributed by atoms with Gasteiger partial charge in [-0.05, 0) is 56.4 Å². The third-order valence-electron chi connectivity index (χ3n) is 4.80. The van der Waals surface area contributed by atoms with Crippen LogP contribution < -0.4 is 23.7 Å². The van der Waals surface area contributed by atoms with Crippen LogP contribution in [0.5, 0.6) is 28.7 Å². The fraction of sp³-hybridized carbons (Fsp3) is 0.292. The summed E-state index contributed by atoms with van der Waals surface area (Å²) in [5.41, 5.74) is 1.47. The minimum atomic E-state index is -0.409. The molecule has 1 heterocycles. The Balaban J connectivity index is 1.96. The molecule has 0 N–H and O–H groups in total. The van der Waals surface area contributed by atoms with Crippen molar-refractivity contribution < 1.29 is 28.5 Å². The molecule has 2 aromatic rings. The molecular formula is C24H26O6. The van der Waals surface area contributed by atoms with Gasteiger partial charge in [-0.3, -0.25) is 4.79 Å². The largest absolute Gasteiger partial charge is 0.496 e. The van der Waals surface area contributed by atoms with Gasteiger partial charge >= 0.3 is 0 Å². The van der Waals surface area contributed by atoms with E-state index in [0.717, 1.165) is 5.56 Å². The van der Waals surface area contributed by atoms with Crippen LogP contribution in [0.4, 0.5) is 0 Å². The highest BCUT2D eigenvalue weighted by Crippen LogP contribution is 2.39. The van der Waals surface area contributed by atoms with Gasteiger partial charge in [0.1, 0.15) is 22.8 Å². The van der Waals surface area contributed by atoms with E-state index in [2.05, 4.69) is 0 Å². The fourth-order valence-electron chi connectivity index (χ4n) is 3.28. The highest BCUT2D eigenvalue weighted by Gasteiger charge is 2.26. The summed E-state index contributed by atoms with van der Waals surface area (Å²) in [6.07, 6.45) is 7.02. The lowest BCUT2D eigenvalue weighted by atomic mass is 9.97. The molecule has 1 aliphatic heterocycles. The van der Waals surface area contributed by atoms with Crippen molar-refractivity contribution in [2.75, 3.05) is 28.4 Å². The van der Waals surface area contributed by atoms with Gasteiger partial charge in [0.2, 0.25) is 0 Å². The first kappa shape index (κ1) is 21.3. The molecule has 0 aromatic heterocycles. The van der Waals surface area contributed by atoms with Crippen molar-refractivity contribution in [3.8, 4) is 28.7 Å². The smallest absolute Gasteiger partial charge is 0.189 e. The van der Waals surface area contributed by atoms with Gasteiger partial charge in [0, 0.05) is 11.6 Å². The maximum atomic E-state index is 13.0. The lowest BCUT2D eigenvalue weighted by molar-refractivity contribution is 0.104. The summed E-state index contributed by atoms with van der Waals surface area (Å²) in [7, 11) is 6.21. The Labute approximate surface area is 176 Å². The van der Waals surface area contributed by atoms with E-state index >= 15 is 0 Å². The Morgan fingerprint density at radius 1 is 0.933 bits per heavy atom. The quantitative estimate of drug-likeness (QED) is 0.483. The minimum absolute atomic E-state index is 0.204. The number of ketones is 1. The summed E-state index contributed by atoms with van der Waals surface area (Å²) in [6, 6.07) is 6.98. The summed E-state index contributed by atoms with van der Waals surface area (Å²) in [4.78, 5) is 13.0. The molecule has 1 aliphatic rings. The van der Waals surface area contributed by atoms with E-state index in [9.17, 15) is 4.79 Å². The second-order valence-electron chi connectivity index (χ2n) is 7.24. The van der Waals surface area contributed by atoms with Gasteiger partial charge in [0.15, 0.2) is 17.3 Å². The number of methoxy groups -OCH3 is 4. The third-order valence-corrected chi connectivity index (χ3v) is 4.80. The predicted octanol–water partition coefficient (Wildman–Crippen LogP) is 4.80. The molecule has 6 nitrogen and oxygen atoms in total. The van der Waals surface area contributed by atoms with Crippen LogP contribution in [0.2, 0.25) is 0 Å². The standard InChI is InChI=1S/C24H26O6/c1-24(2)12-11-17-19(30-24)10-8-16(23(17)29-6)18(25)9-7-15-13-21(27-4)22(28-5)14-20(15)26-3/h7-14H,1-6H3/b9-7+. The van der Waals surface area contributed by atoms with Crippen molar-refractivity contribution in [1.29, 1.82) is 0 Å². The van der Waals surface area contributed by atoms with Crippen molar-refractivity contribution in [3.05, 3.63) is 53.1 Å². The van der Waals surface area contributed by atoms with Crippen LogP contribution in [0.25, 0.3) is 12.2 Å². The molecule has 0 amide bonds. The molecule has 3 rings (SSSR count). The van der Waals surface area contributed by atoms with Crippen LogP contribution >= 0.6 is 0 Å². The molecule has 2 aromatic carbocycles. The summed E-state index contributed by atoms with van der Waals surface area (Å²) in [6.45, 7) is 3.94. The van der Waals surface area contributed by atoms with Crippen molar-refractivity contribution in [3.63, 3.8) is 0 Å². The fourth-order valence-corrected chi connectivity index (χ4v) is 3.28. The van der Waals surface area contributed by atoms with Gasteiger partial charge in [0.05, 0.1) is 39.6 Å². The molecule has 6 heteroatoms. The molecular weight excluding hydrogens is 384 g/mol. The Hall–Kier alpha value is -3.41.